The van der Waals surface area contributed by atoms with Gasteiger partial charge in [-0.1, -0.05) is 0 Å². The van der Waals surface area contributed by atoms with Crippen LogP contribution in [0.15, 0.2) is 0 Å². The standard InChI is InChI=1S/C24F46O9/c25-3(11(35,36)37,74-21(63,64)7(31,15(47,48)49)78-23(67,68)9(33,17(53,54)55)76-19(59,60)5(27,28)13(41,42)43)1(71)73-2(72)4(26,12(38,39)40)75-22(65,66)8(32,16(50,51)52)79-24(69,70)10(34,18(56,57)58)77-20(61,62)6(29,30)14(44,45)46. The van der Waals surface area contributed by atoms with E-state index in [0.29, 0.717) is 9.47 Å². The Balaban J connectivity index is 8.10. The second-order valence-electron chi connectivity index (χ2n) is 13.1. The highest BCUT2D eigenvalue weighted by Gasteiger charge is 2.91. The smallest absolute Gasteiger partial charge is 0.384 e. The molecule has 0 aliphatic carbocycles. The largest absolute Gasteiger partial charge is 0.462 e. The molecule has 79 heavy (non-hydrogen) atoms. The van der Waals surface area contributed by atoms with E-state index in [0.717, 1.165) is 18.9 Å². The third-order valence-electron chi connectivity index (χ3n) is 7.45. The molecule has 0 saturated carbocycles. The summed E-state index contributed by atoms with van der Waals surface area (Å²) in [5.74, 6) is -85.6. The van der Waals surface area contributed by atoms with Gasteiger partial charge in [-0.3, -0.25) is 28.4 Å². The zero-order valence-electron chi connectivity index (χ0n) is 33.1. The number of alkyl halides is 46. The number of carbonyl (C=O) groups excluding carboxylic acids is 2. The van der Waals surface area contributed by atoms with Crippen molar-refractivity contribution in [1.82, 2.24) is 0 Å². The molecule has 0 aliphatic rings. The maximum absolute atomic E-state index is 14.8. The van der Waals surface area contributed by atoms with E-state index in [1.54, 1.807) is 0 Å². The third kappa shape index (κ3) is 12.6. The van der Waals surface area contributed by atoms with Crippen LogP contribution < -0.4 is 0 Å². The van der Waals surface area contributed by atoms with E-state index in [9.17, 15) is 212 Å². The predicted octanol–water partition coefficient (Wildman–Crippen LogP) is 13.5. The van der Waals surface area contributed by atoms with Crippen LogP contribution in [-0.4, -0.2) is 145 Å². The lowest BCUT2D eigenvalue weighted by atomic mass is 10.2. The van der Waals surface area contributed by atoms with Crippen molar-refractivity contribution in [1.29, 1.82) is 0 Å². The fourth-order valence-electron chi connectivity index (χ4n) is 3.56. The fourth-order valence-corrected chi connectivity index (χ4v) is 3.56. The van der Waals surface area contributed by atoms with Gasteiger partial charge in [0.25, 0.3) is 0 Å². The van der Waals surface area contributed by atoms with Crippen LogP contribution in [0.25, 0.3) is 0 Å². The lowest BCUT2D eigenvalue weighted by Gasteiger charge is -2.42. The van der Waals surface area contributed by atoms with E-state index in [1.165, 1.54) is 4.74 Å². The molecule has 0 aromatic carbocycles. The minimum atomic E-state index is -9.61. The Kier molecular flexibility index (Phi) is 18.6. The molecule has 0 fully saturated rings. The summed E-state index contributed by atoms with van der Waals surface area (Å²) in [6.07, 6.45) is -127. The molecule has 0 heterocycles. The van der Waals surface area contributed by atoms with Gasteiger partial charge in [0.15, 0.2) is 0 Å². The average Bonchev–Trinajstić information content (AvgIpc) is 3.12. The molecule has 0 N–H and O–H groups in total. The van der Waals surface area contributed by atoms with Crippen LogP contribution in [0.1, 0.15) is 0 Å². The number of rotatable bonds is 20. The molecule has 0 aromatic heterocycles. The number of ether oxygens (including phenoxy) is 7. The molecule has 472 valence electrons. The molecule has 0 aliphatic heterocycles. The van der Waals surface area contributed by atoms with E-state index in [-0.39, 0.29) is 0 Å². The second-order valence-corrected chi connectivity index (χ2v) is 13.1. The number of carbonyl (C=O) groups is 2. The number of hydrogen-bond donors (Lipinski definition) is 0. The first kappa shape index (κ1) is 74.7. The molecule has 0 amide bonds. The van der Waals surface area contributed by atoms with Crippen LogP contribution in [0.4, 0.5) is 202 Å². The van der Waals surface area contributed by atoms with Gasteiger partial charge in [0.1, 0.15) is 0 Å². The Morgan fingerprint density at radius 2 is 0.342 bits per heavy atom. The molecule has 9 nitrogen and oxygen atoms in total. The van der Waals surface area contributed by atoms with Crippen LogP contribution in [0.2, 0.25) is 0 Å². The summed E-state index contributed by atoms with van der Waals surface area (Å²) in [5, 5.41) is 0. The first-order chi connectivity index (χ1) is 33.3. The van der Waals surface area contributed by atoms with Crippen LogP contribution in [0.5, 0.6) is 0 Å². The Morgan fingerprint density at radius 1 is 0.190 bits per heavy atom. The molecule has 0 spiro atoms. The minimum absolute atomic E-state index is 0.703. The zero-order valence-corrected chi connectivity index (χ0v) is 33.1. The third-order valence-corrected chi connectivity index (χ3v) is 7.45. The average molecular weight is 1310 g/mol. The van der Waals surface area contributed by atoms with Crippen molar-refractivity contribution in [2.75, 3.05) is 0 Å². The topological polar surface area (TPSA) is 98.8 Å². The van der Waals surface area contributed by atoms with Gasteiger partial charge in [-0.05, 0) is 0 Å². The summed E-state index contributed by atoms with van der Waals surface area (Å²) in [7, 11) is 0. The lowest BCUT2D eigenvalue weighted by Crippen LogP contribution is -2.71. The zero-order chi connectivity index (χ0) is 65.1. The van der Waals surface area contributed by atoms with Crippen molar-refractivity contribution < 1.29 is 245 Å². The van der Waals surface area contributed by atoms with Gasteiger partial charge in [-0.25, -0.2) is 9.59 Å². The lowest BCUT2D eigenvalue weighted by molar-refractivity contribution is -0.578. The van der Waals surface area contributed by atoms with Crippen molar-refractivity contribution >= 4 is 11.9 Å². The van der Waals surface area contributed by atoms with Crippen LogP contribution in [0, 0.1) is 0 Å². The van der Waals surface area contributed by atoms with Crippen LogP contribution in [-0.2, 0) is 42.7 Å². The summed E-state index contributed by atoms with van der Waals surface area (Å²) in [6.45, 7) is 0. The van der Waals surface area contributed by atoms with Gasteiger partial charge in [0.2, 0.25) is 0 Å². The molecule has 0 rings (SSSR count). The SMILES string of the molecule is O=C(OC(=O)C(F)(OC(F)(F)C(F)(OC(F)(F)C(F)(OC(F)(F)C(F)(F)C(F)(F)F)C(F)(F)F)C(F)(F)F)C(F)(F)F)C(F)(OC(F)(F)C(F)(OC(F)(F)C(F)(OC(F)(F)C(F)(F)C(F)(F)F)C(F)(F)F)C(F)(F)F)C(F)(F)F. The van der Waals surface area contributed by atoms with E-state index in [1.807, 2.05) is 0 Å². The first-order valence-electron chi connectivity index (χ1n) is 16.0. The monoisotopic (exact) mass is 1310 g/mol. The normalized spacial score (nSPS) is 20.3. The van der Waals surface area contributed by atoms with Crippen LogP contribution in [0.3, 0.4) is 0 Å². The number of hydrogen-bond acceptors (Lipinski definition) is 9. The van der Waals surface area contributed by atoms with E-state index in [2.05, 4.69) is 0 Å². The van der Waals surface area contributed by atoms with Gasteiger partial charge < -0.3 is 4.74 Å². The van der Waals surface area contributed by atoms with Crippen molar-refractivity contribution in [3.8, 4) is 0 Å². The highest BCUT2D eigenvalue weighted by molar-refractivity contribution is 5.93. The van der Waals surface area contributed by atoms with Crippen molar-refractivity contribution in [2.24, 2.45) is 0 Å². The Morgan fingerprint density at radius 3 is 0.481 bits per heavy atom. The maximum atomic E-state index is 14.8. The van der Waals surface area contributed by atoms with E-state index in [4.69, 9.17) is 0 Å². The summed E-state index contributed by atoms with van der Waals surface area (Å²) in [6, 6.07) is 0. The summed E-state index contributed by atoms with van der Waals surface area (Å²) < 4.78 is 626. The fraction of sp³-hybridized carbons (Fsp3) is 0.917. The van der Waals surface area contributed by atoms with Gasteiger partial charge in [-0.2, -0.15) is 202 Å². The van der Waals surface area contributed by atoms with Gasteiger partial charge >= 0.3 is 145 Å². The molecule has 0 aromatic rings. The number of halogens is 46. The first-order valence-corrected chi connectivity index (χ1v) is 16.0. The molecule has 0 saturated heterocycles. The van der Waals surface area contributed by atoms with Crippen molar-refractivity contribution in [3.63, 3.8) is 0 Å². The molecular weight excluding hydrogens is 1310 g/mol. The van der Waals surface area contributed by atoms with Gasteiger partial charge in [0.05, 0.1) is 0 Å². The molecule has 55 heteroatoms. The molecule has 0 bridgehead atoms. The van der Waals surface area contributed by atoms with Crippen molar-refractivity contribution in [3.05, 3.63) is 0 Å². The molecule has 0 radical (unpaired) electrons. The van der Waals surface area contributed by atoms with Crippen LogP contribution >= 0.6 is 0 Å². The van der Waals surface area contributed by atoms with E-state index < -0.39 is 145 Å². The summed E-state index contributed by atoms with van der Waals surface area (Å²) in [4.78, 5) is 23.3. The summed E-state index contributed by atoms with van der Waals surface area (Å²) in [5.41, 5.74) is 0. The maximum Gasteiger partial charge on any atom is 0.462 e. The van der Waals surface area contributed by atoms with Gasteiger partial charge in [0, 0.05) is 0 Å². The minimum Gasteiger partial charge on any atom is -0.384 e. The molecule has 6 unspecified atom stereocenters. The van der Waals surface area contributed by atoms with E-state index >= 15 is 0 Å². The second kappa shape index (κ2) is 19.7. The van der Waals surface area contributed by atoms with Gasteiger partial charge in [-0.15, -0.1) is 0 Å². The quantitative estimate of drug-likeness (QED) is 0.0670. The Hall–Kier alpha value is -4.32. The molecular formula is C24F46O9. The predicted molar refractivity (Wildman–Crippen MR) is 129 cm³/mol. The Bertz CT molecular complexity index is 2030. The Labute approximate surface area is 391 Å². The highest BCUT2D eigenvalue weighted by Crippen LogP contribution is 2.62. The molecule has 6 atom stereocenters. The van der Waals surface area contributed by atoms with Crippen molar-refractivity contribution in [2.45, 2.75) is 133 Å². The number of esters is 2. The summed E-state index contributed by atoms with van der Waals surface area (Å²) >= 11 is 0. The highest BCUT2D eigenvalue weighted by atomic mass is 19.5.